The maximum absolute atomic E-state index is 5.38. The fourth-order valence-corrected chi connectivity index (χ4v) is 1.15. The monoisotopic (exact) mass is 261 g/mol. The molecule has 5 heteroatoms. The number of rotatable bonds is 15. The molecule has 0 amide bonds. The highest BCUT2D eigenvalue weighted by molar-refractivity contribution is 4.64. The zero-order valence-corrected chi connectivity index (χ0v) is 11.5. The Bertz CT molecular complexity index is 167. The first-order valence-electron chi connectivity index (χ1n) is 6.45. The molecule has 0 spiro atoms. The third kappa shape index (κ3) is 15.5. The van der Waals surface area contributed by atoms with Crippen molar-refractivity contribution in [3.05, 3.63) is 12.7 Å². The van der Waals surface area contributed by atoms with E-state index in [4.69, 9.17) is 18.9 Å². The van der Waals surface area contributed by atoms with E-state index in [1.807, 2.05) is 6.08 Å². The lowest BCUT2D eigenvalue weighted by molar-refractivity contribution is 0.0253. The van der Waals surface area contributed by atoms with Crippen LogP contribution in [0, 0.1) is 0 Å². The summed E-state index contributed by atoms with van der Waals surface area (Å²) < 4.78 is 20.8. The zero-order chi connectivity index (χ0) is 13.3. The van der Waals surface area contributed by atoms with Gasteiger partial charge in [0.05, 0.1) is 46.2 Å². The van der Waals surface area contributed by atoms with Gasteiger partial charge in [0.15, 0.2) is 0 Å². The van der Waals surface area contributed by atoms with Gasteiger partial charge >= 0.3 is 0 Å². The summed E-state index contributed by atoms with van der Waals surface area (Å²) in [6.45, 7) is 10.00. The van der Waals surface area contributed by atoms with E-state index in [-0.39, 0.29) is 0 Å². The summed E-state index contributed by atoms with van der Waals surface area (Å²) in [4.78, 5) is 0. The van der Waals surface area contributed by atoms with Crippen LogP contribution in [-0.4, -0.2) is 66.4 Å². The highest BCUT2D eigenvalue weighted by atomic mass is 16.5. The summed E-state index contributed by atoms with van der Waals surface area (Å²) in [5.41, 5.74) is 0. The molecule has 0 saturated carbocycles. The summed E-state index contributed by atoms with van der Waals surface area (Å²) in [5, 5.41) is 3.24. The van der Waals surface area contributed by atoms with Crippen molar-refractivity contribution in [3.8, 4) is 0 Å². The molecule has 18 heavy (non-hydrogen) atoms. The SMILES string of the molecule is C=CCCOCCNCCOCCOCCOC. The van der Waals surface area contributed by atoms with Crippen LogP contribution < -0.4 is 5.32 Å². The lowest BCUT2D eigenvalue weighted by Gasteiger charge is -2.07. The van der Waals surface area contributed by atoms with Gasteiger partial charge in [-0.3, -0.25) is 0 Å². The Labute approximate surface area is 110 Å². The van der Waals surface area contributed by atoms with Gasteiger partial charge in [0, 0.05) is 20.2 Å². The molecule has 0 unspecified atom stereocenters. The summed E-state index contributed by atoms with van der Waals surface area (Å²) in [6, 6.07) is 0. The Morgan fingerprint density at radius 3 is 2.00 bits per heavy atom. The molecule has 0 radical (unpaired) electrons. The summed E-state index contributed by atoms with van der Waals surface area (Å²) >= 11 is 0. The van der Waals surface area contributed by atoms with Gasteiger partial charge < -0.3 is 24.3 Å². The van der Waals surface area contributed by atoms with Crippen LogP contribution >= 0.6 is 0 Å². The first-order chi connectivity index (χ1) is 8.91. The van der Waals surface area contributed by atoms with E-state index in [2.05, 4.69) is 11.9 Å². The van der Waals surface area contributed by atoms with Crippen molar-refractivity contribution in [1.29, 1.82) is 0 Å². The van der Waals surface area contributed by atoms with Crippen molar-refractivity contribution < 1.29 is 18.9 Å². The molecule has 0 heterocycles. The second-order valence-corrected chi connectivity index (χ2v) is 3.66. The first kappa shape index (κ1) is 17.5. The standard InChI is InChI=1S/C13H27NO4/c1-3-4-7-16-8-5-14-6-9-17-12-13-18-11-10-15-2/h3,14H,1,4-13H2,2H3. The minimum absolute atomic E-state index is 0.619. The average Bonchev–Trinajstić information content (AvgIpc) is 2.39. The highest BCUT2D eigenvalue weighted by Crippen LogP contribution is 1.82. The van der Waals surface area contributed by atoms with Gasteiger partial charge in [-0.1, -0.05) is 6.08 Å². The van der Waals surface area contributed by atoms with Crippen molar-refractivity contribution >= 4 is 0 Å². The Morgan fingerprint density at radius 1 is 0.833 bits per heavy atom. The molecular formula is C13H27NO4. The highest BCUT2D eigenvalue weighted by Gasteiger charge is 1.91. The molecule has 0 fully saturated rings. The largest absolute Gasteiger partial charge is 0.382 e. The van der Waals surface area contributed by atoms with Crippen LogP contribution in [0.15, 0.2) is 12.7 Å². The lowest BCUT2D eigenvalue weighted by atomic mass is 10.4. The van der Waals surface area contributed by atoms with Crippen LogP contribution in [0.3, 0.4) is 0 Å². The topological polar surface area (TPSA) is 49.0 Å². The fourth-order valence-electron chi connectivity index (χ4n) is 1.15. The molecule has 0 aliphatic heterocycles. The Hall–Kier alpha value is -0.460. The number of hydrogen-bond acceptors (Lipinski definition) is 5. The summed E-state index contributed by atoms with van der Waals surface area (Å²) in [5.74, 6) is 0. The van der Waals surface area contributed by atoms with E-state index in [0.29, 0.717) is 33.0 Å². The van der Waals surface area contributed by atoms with Gasteiger partial charge in [-0.05, 0) is 6.42 Å². The fraction of sp³-hybridized carbons (Fsp3) is 0.846. The number of hydrogen-bond donors (Lipinski definition) is 1. The Balaban J connectivity index is 2.88. The van der Waals surface area contributed by atoms with Gasteiger partial charge in [0.25, 0.3) is 0 Å². The lowest BCUT2D eigenvalue weighted by Crippen LogP contribution is -2.24. The van der Waals surface area contributed by atoms with Gasteiger partial charge in [-0.25, -0.2) is 0 Å². The van der Waals surface area contributed by atoms with E-state index < -0.39 is 0 Å². The van der Waals surface area contributed by atoms with E-state index in [1.165, 1.54) is 0 Å². The third-order valence-electron chi connectivity index (χ3n) is 2.12. The minimum atomic E-state index is 0.619. The van der Waals surface area contributed by atoms with E-state index >= 15 is 0 Å². The normalized spacial score (nSPS) is 10.7. The second-order valence-electron chi connectivity index (χ2n) is 3.66. The molecule has 0 saturated heterocycles. The van der Waals surface area contributed by atoms with E-state index in [9.17, 15) is 0 Å². The quantitative estimate of drug-likeness (QED) is 0.350. The van der Waals surface area contributed by atoms with Crippen molar-refractivity contribution in [2.24, 2.45) is 0 Å². The van der Waals surface area contributed by atoms with Crippen molar-refractivity contribution in [2.75, 3.05) is 66.4 Å². The molecule has 0 aliphatic carbocycles. The van der Waals surface area contributed by atoms with Crippen molar-refractivity contribution in [1.82, 2.24) is 5.32 Å². The maximum Gasteiger partial charge on any atom is 0.0701 e. The third-order valence-corrected chi connectivity index (χ3v) is 2.12. The molecule has 1 N–H and O–H groups in total. The molecule has 108 valence electrons. The van der Waals surface area contributed by atoms with Crippen LogP contribution in [0.1, 0.15) is 6.42 Å². The molecule has 0 aromatic heterocycles. The second kappa shape index (κ2) is 16.5. The van der Waals surface area contributed by atoms with Gasteiger partial charge in [-0.15, -0.1) is 6.58 Å². The average molecular weight is 261 g/mol. The maximum atomic E-state index is 5.38. The molecule has 0 aromatic carbocycles. The first-order valence-corrected chi connectivity index (χ1v) is 6.45. The van der Waals surface area contributed by atoms with E-state index in [0.717, 1.165) is 32.7 Å². The molecule has 0 bridgehead atoms. The van der Waals surface area contributed by atoms with Gasteiger partial charge in [0.2, 0.25) is 0 Å². The molecule has 0 aromatic rings. The van der Waals surface area contributed by atoms with Crippen LogP contribution in [0.5, 0.6) is 0 Å². The molecule has 0 rings (SSSR count). The Morgan fingerprint density at radius 2 is 1.39 bits per heavy atom. The number of methoxy groups -OCH3 is 1. The smallest absolute Gasteiger partial charge is 0.0701 e. The molecular weight excluding hydrogens is 234 g/mol. The molecule has 0 aliphatic rings. The predicted octanol–water partition coefficient (Wildman–Crippen LogP) is 0.848. The van der Waals surface area contributed by atoms with E-state index in [1.54, 1.807) is 7.11 Å². The van der Waals surface area contributed by atoms with Gasteiger partial charge in [-0.2, -0.15) is 0 Å². The van der Waals surface area contributed by atoms with Crippen LogP contribution in [0.25, 0.3) is 0 Å². The molecule has 5 nitrogen and oxygen atoms in total. The molecule has 0 atom stereocenters. The van der Waals surface area contributed by atoms with Crippen molar-refractivity contribution in [2.45, 2.75) is 6.42 Å². The number of ether oxygens (including phenoxy) is 4. The van der Waals surface area contributed by atoms with Crippen molar-refractivity contribution in [3.63, 3.8) is 0 Å². The minimum Gasteiger partial charge on any atom is -0.382 e. The zero-order valence-electron chi connectivity index (χ0n) is 11.5. The Kier molecular flexibility index (Phi) is 16.1. The summed E-state index contributed by atoms with van der Waals surface area (Å²) in [6.07, 6.45) is 2.77. The van der Waals surface area contributed by atoms with Crippen LogP contribution in [0.2, 0.25) is 0 Å². The van der Waals surface area contributed by atoms with Crippen LogP contribution in [0.4, 0.5) is 0 Å². The predicted molar refractivity (Wildman–Crippen MR) is 72.0 cm³/mol. The summed E-state index contributed by atoms with van der Waals surface area (Å²) in [7, 11) is 1.66. The number of nitrogens with one attached hydrogen (secondary N) is 1. The van der Waals surface area contributed by atoms with Crippen LogP contribution in [-0.2, 0) is 18.9 Å². The van der Waals surface area contributed by atoms with Gasteiger partial charge in [0.1, 0.15) is 0 Å².